The second kappa shape index (κ2) is 4.75. The smallest absolute Gasteiger partial charge is 0.222 e. The zero-order valence-corrected chi connectivity index (χ0v) is 7.53. The molecule has 2 nitrogen and oxygen atoms in total. The Kier molecular flexibility index (Phi) is 3.58. The Bertz CT molecular complexity index is 218. The van der Waals surface area contributed by atoms with E-state index in [4.69, 9.17) is 5.21 Å². The van der Waals surface area contributed by atoms with E-state index in [9.17, 15) is 0 Å². The summed E-state index contributed by atoms with van der Waals surface area (Å²) >= 11 is 0. The molecule has 66 valence electrons. The van der Waals surface area contributed by atoms with E-state index >= 15 is 0 Å². The van der Waals surface area contributed by atoms with E-state index in [2.05, 4.69) is 6.92 Å². The van der Waals surface area contributed by atoms with Crippen molar-refractivity contribution < 1.29 is 9.94 Å². The largest absolute Gasteiger partial charge is 0.285 e. The molecular formula is C10H16NO+. The number of hydrogen-bond donors (Lipinski definition) is 1. The summed E-state index contributed by atoms with van der Waals surface area (Å²) in [4.78, 5) is 0. The van der Waals surface area contributed by atoms with Gasteiger partial charge in [0.05, 0.1) is 0 Å². The van der Waals surface area contributed by atoms with E-state index < -0.39 is 0 Å². The lowest BCUT2D eigenvalue weighted by Crippen LogP contribution is -2.27. The number of hydrogen-bond acceptors (Lipinski definition) is 1. The van der Waals surface area contributed by atoms with Crippen LogP contribution in [0.3, 0.4) is 0 Å². The molecule has 0 aliphatic carbocycles. The first-order valence-electron chi connectivity index (χ1n) is 4.52. The Hall–Kier alpha value is -1.05. The fraction of sp³-hybridized carbons (Fsp3) is 0.500. The molecule has 0 aromatic carbocycles. The summed E-state index contributed by atoms with van der Waals surface area (Å²) in [6.45, 7) is 2.20. The van der Waals surface area contributed by atoms with Gasteiger partial charge in [0.1, 0.15) is 0 Å². The lowest BCUT2D eigenvalue weighted by molar-refractivity contribution is -0.904. The highest BCUT2D eigenvalue weighted by Gasteiger charge is 1.96. The number of rotatable bonds is 4. The summed E-state index contributed by atoms with van der Waals surface area (Å²) in [5, 5.41) is 8.94. The van der Waals surface area contributed by atoms with Crippen molar-refractivity contribution in [2.24, 2.45) is 0 Å². The van der Waals surface area contributed by atoms with Crippen LogP contribution in [-0.2, 0) is 6.42 Å². The van der Waals surface area contributed by atoms with E-state index in [1.165, 1.54) is 24.8 Å². The molecule has 0 atom stereocenters. The lowest BCUT2D eigenvalue weighted by atomic mass is 10.1. The van der Waals surface area contributed by atoms with Crippen LogP contribution in [0.4, 0.5) is 0 Å². The molecule has 1 rings (SSSR count). The summed E-state index contributed by atoms with van der Waals surface area (Å²) in [6.07, 6.45) is 8.24. The SMILES string of the molecule is CCCCCc1cc[n+](O)cc1. The van der Waals surface area contributed by atoms with Crippen molar-refractivity contribution in [3.63, 3.8) is 0 Å². The molecule has 0 amide bonds. The van der Waals surface area contributed by atoms with Gasteiger partial charge >= 0.3 is 0 Å². The molecule has 2 heteroatoms. The number of pyridine rings is 1. The first-order valence-corrected chi connectivity index (χ1v) is 4.52. The van der Waals surface area contributed by atoms with Gasteiger partial charge in [-0.15, -0.1) is 0 Å². The molecule has 1 aromatic heterocycles. The van der Waals surface area contributed by atoms with Gasteiger partial charge in [-0.3, -0.25) is 5.21 Å². The van der Waals surface area contributed by atoms with Crippen LogP contribution in [0.1, 0.15) is 31.7 Å². The molecule has 1 heterocycles. The van der Waals surface area contributed by atoms with Gasteiger partial charge in [0.15, 0.2) is 0 Å². The minimum absolute atomic E-state index is 1.07. The lowest BCUT2D eigenvalue weighted by Gasteiger charge is -1.96. The van der Waals surface area contributed by atoms with E-state index in [1.54, 1.807) is 12.4 Å². The van der Waals surface area contributed by atoms with Gasteiger partial charge in [-0.1, -0.05) is 19.8 Å². The van der Waals surface area contributed by atoms with Gasteiger partial charge in [-0.25, -0.2) is 0 Å². The molecule has 0 unspecified atom stereocenters. The van der Waals surface area contributed by atoms with E-state index in [-0.39, 0.29) is 0 Å². The monoisotopic (exact) mass is 166 g/mol. The van der Waals surface area contributed by atoms with Crippen LogP contribution in [0.5, 0.6) is 0 Å². The average molecular weight is 166 g/mol. The third kappa shape index (κ3) is 2.91. The highest BCUT2D eigenvalue weighted by Crippen LogP contribution is 2.03. The third-order valence-electron chi connectivity index (χ3n) is 1.95. The third-order valence-corrected chi connectivity index (χ3v) is 1.95. The summed E-state index contributed by atoms with van der Waals surface area (Å²) in [7, 11) is 0. The summed E-state index contributed by atoms with van der Waals surface area (Å²) < 4.78 is 1.07. The molecule has 1 aromatic rings. The predicted molar refractivity (Wildman–Crippen MR) is 47.1 cm³/mol. The van der Waals surface area contributed by atoms with Crippen LogP contribution in [0.25, 0.3) is 0 Å². The minimum Gasteiger partial charge on any atom is -0.285 e. The molecular weight excluding hydrogens is 150 g/mol. The zero-order chi connectivity index (χ0) is 8.81. The maximum atomic E-state index is 8.94. The Morgan fingerprint density at radius 1 is 1.25 bits per heavy atom. The van der Waals surface area contributed by atoms with Crippen molar-refractivity contribution in [3.8, 4) is 0 Å². The Balaban J connectivity index is 2.37. The van der Waals surface area contributed by atoms with Crippen LogP contribution in [0, 0.1) is 0 Å². The molecule has 0 spiro atoms. The summed E-state index contributed by atoms with van der Waals surface area (Å²) in [6, 6.07) is 3.91. The first kappa shape index (κ1) is 9.04. The molecule has 0 fully saturated rings. The van der Waals surface area contributed by atoms with Crippen LogP contribution in [0.2, 0.25) is 0 Å². The van der Waals surface area contributed by atoms with Gasteiger partial charge in [-0.2, -0.15) is 0 Å². The summed E-state index contributed by atoms with van der Waals surface area (Å²) in [5.41, 5.74) is 1.30. The van der Waals surface area contributed by atoms with Gasteiger partial charge in [-0.05, 0) is 18.4 Å². The fourth-order valence-electron chi connectivity index (χ4n) is 1.20. The molecule has 0 bridgehead atoms. The molecule has 0 aliphatic heterocycles. The first-order chi connectivity index (χ1) is 5.83. The van der Waals surface area contributed by atoms with Gasteiger partial charge in [0.2, 0.25) is 12.4 Å². The highest BCUT2D eigenvalue weighted by molar-refractivity contribution is 5.06. The number of nitrogens with zero attached hydrogens (tertiary/aromatic N) is 1. The van der Waals surface area contributed by atoms with E-state index in [1.807, 2.05) is 12.1 Å². The quantitative estimate of drug-likeness (QED) is 0.412. The van der Waals surface area contributed by atoms with Gasteiger partial charge in [0.25, 0.3) is 0 Å². The number of aromatic nitrogens is 1. The van der Waals surface area contributed by atoms with E-state index in [0.29, 0.717) is 0 Å². The van der Waals surface area contributed by atoms with Gasteiger partial charge in [0, 0.05) is 16.9 Å². The Morgan fingerprint density at radius 2 is 1.92 bits per heavy atom. The zero-order valence-electron chi connectivity index (χ0n) is 7.53. The average Bonchev–Trinajstić information content (AvgIpc) is 2.09. The van der Waals surface area contributed by atoms with Crippen molar-refractivity contribution in [1.82, 2.24) is 0 Å². The molecule has 0 saturated carbocycles. The van der Waals surface area contributed by atoms with E-state index in [0.717, 1.165) is 11.2 Å². The second-order valence-corrected chi connectivity index (χ2v) is 3.04. The van der Waals surface area contributed by atoms with Crippen molar-refractivity contribution in [2.45, 2.75) is 32.6 Å². The molecule has 0 aliphatic rings. The molecule has 0 saturated heterocycles. The number of unbranched alkanes of at least 4 members (excludes halogenated alkanes) is 2. The van der Waals surface area contributed by atoms with Gasteiger partial charge < -0.3 is 0 Å². The van der Waals surface area contributed by atoms with Crippen molar-refractivity contribution in [1.29, 1.82) is 0 Å². The maximum absolute atomic E-state index is 8.94. The minimum atomic E-state index is 1.07. The second-order valence-electron chi connectivity index (χ2n) is 3.04. The van der Waals surface area contributed by atoms with Crippen molar-refractivity contribution in [3.05, 3.63) is 30.1 Å². The van der Waals surface area contributed by atoms with Crippen LogP contribution in [0.15, 0.2) is 24.5 Å². The van der Waals surface area contributed by atoms with Crippen molar-refractivity contribution in [2.75, 3.05) is 0 Å². The Morgan fingerprint density at radius 3 is 2.50 bits per heavy atom. The predicted octanol–water partition coefficient (Wildman–Crippen LogP) is 1.94. The van der Waals surface area contributed by atoms with Crippen LogP contribution >= 0.6 is 0 Å². The van der Waals surface area contributed by atoms with Crippen LogP contribution in [-0.4, -0.2) is 5.21 Å². The highest BCUT2D eigenvalue weighted by atomic mass is 16.5. The van der Waals surface area contributed by atoms with Crippen molar-refractivity contribution >= 4 is 0 Å². The summed E-state index contributed by atoms with van der Waals surface area (Å²) in [5.74, 6) is 0. The van der Waals surface area contributed by atoms with Crippen LogP contribution < -0.4 is 4.73 Å². The Labute approximate surface area is 73.4 Å². The molecule has 1 N–H and O–H groups in total. The normalized spacial score (nSPS) is 10.1. The fourth-order valence-corrected chi connectivity index (χ4v) is 1.20. The topological polar surface area (TPSA) is 24.1 Å². The maximum Gasteiger partial charge on any atom is 0.222 e. The molecule has 0 radical (unpaired) electrons. The number of aryl methyl sites for hydroxylation is 1. The standard InChI is InChI=1S/C10H16NO/c1-2-3-4-5-10-6-8-11(12)9-7-10/h6-9,12H,2-5H2,1H3/q+1. The molecule has 12 heavy (non-hydrogen) atoms.